The number of rotatable bonds is 2. The summed E-state index contributed by atoms with van der Waals surface area (Å²) in [6, 6.07) is 4.83. The second kappa shape index (κ2) is 7.75. The molecule has 6 nitrogen and oxygen atoms in total. The zero-order chi connectivity index (χ0) is 17.2. The number of imide groups is 1. The minimum absolute atomic E-state index is 0. The van der Waals surface area contributed by atoms with Crippen molar-refractivity contribution >= 4 is 35.7 Å². The number of halogens is 1. The van der Waals surface area contributed by atoms with Crippen LogP contribution in [-0.4, -0.2) is 30.1 Å². The van der Waals surface area contributed by atoms with Crippen LogP contribution in [0.3, 0.4) is 0 Å². The normalized spacial score (nSPS) is 14.9. The fraction of sp³-hybridized carbons (Fsp3) is 0.529. The van der Waals surface area contributed by atoms with E-state index in [2.05, 4.69) is 10.6 Å². The molecule has 1 heterocycles. The van der Waals surface area contributed by atoms with Crippen molar-refractivity contribution in [3.05, 3.63) is 23.8 Å². The summed E-state index contributed by atoms with van der Waals surface area (Å²) < 4.78 is 0. The lowest BCUT2D eigenvalue weighted by Gasteiger charge is -2.36. The zero-order valence-electron chi connectivity index (χ0n) is 14.7. The van der Waals surface area contributed by atoms with Crippen LogP contribution in [0.15, 0.2) is 18.2 Å². The molecule has 0 aromatic heterocycles. The molecule has 1 aromatic carbocycles. The predicted octanol–water partition coefficient (Wildman–Crippen LogP) is 2.46. The van der Waals surface area contributed by atoms with Crippen molar-refractivity contribution in [3.63, 3.8) is 0 Å². The zero-order valence-corrected chi connectivity index (χ0v) is 15.5. The molecule has 0 bridgehead atoms. The van der Waals surface area contributed by atoms with Crippen molar-refractivity contribution in [3.8, 4) is 0 Å². The van der Waals surface area contributed by atoms with E-state index in [1.54, 1.807) is 6.92 Å². The fourth-order valence-corrected chi connectivity index (χ4v) is 2.81. The van der Waals surface area contributed by atoms with Gasteiger partial charge < -0.3 is 16.0 Å². The van der Waals surface area contributed by atoms with Crippen LogP contribution in [-0.2, 0) is 11.2 Å². The lowest BCUT2D eigenvalue weighted by atomic mass is 9.98. The van der Waals surface area contributed by atoms with Gasteiger partial charge >= 0.3 is 6.03 Å². The fourth-order valence-electron chi connectivity index (χ4n) is 2.81. The van der Waals surface area contributed by atoms with Crippen molar-refractivity contribution in [2.24, 2.45) is 0 Å². The first kappa shape index (κ1) is 20.1. The number of fused-ring (bicyclic) bond motifs is 1. The van der Waals surface area contributed by atoms with Crippen LogP contribution < -0.4 is 21.3 Å². The second-order valence-corrected chi connectivity index (χ2v) is 7.01. The molecule has 0 saturated heterocycles. The molecular weight excluding hydrogens is 328 g/mol. The highest BCUT2D eigenvalue weighted by molar-refractivity contribution is 5.98. The average Bonchev–Trinajstić information content (AvgIpc) is 2.44. The number of nitrogens with one attached hydrogen (secondary N) is 2. The van der Waals surface area contributed by atoms with E-state index < -0.39 is 12.1 Å². The average molecular weight is 355 g/mol. The Morgan fingerprint density at radius 1 is 1.29 bits per heavy atom. The summed E-state index contributed by atoms with van der Waals surface area (Å²) in [7, 11) is 0. The summed E-state index contributed by atoms with van der Waals surface area (Å²) in [6.07, 6.45) is 1.85. The molecule has 1 atom stereocenters. The van der Waals surface area contributed by atoms with E-state index in [1.807, 2.05) is 43.9 Å². The standard InChI is InChI=1S/C17H26N4O2.ClH/c1-11(15(22)19-16(23)20-17(2,3)4)21-10-6-7-12-13(18)8-5-9-14(12)21;/h5,8-9,11H,6-7,10,18H2,1-4H3,(H2,19,20,22,23);1H. The van der Waals surface area contributed by atoms with E-state index in [1.165, 1.54) is 0 Å². The Bertz CT molecular complexity index is 613. The predicted molar refractivity (Wildman–Crippen MR) is 99.7 cm³/mol. The summed E-state index contributed by atoms with van der Waals surface area (Å²) in [5, 5.41) is 5.14. The molecule has 0 fully saturated rings. The number of benzene rings is 1. The first-order valence-electron chi connectivity index (χ1n) is 7.96. The second-order valence-electron chi connectivity index (χ2n) is 7.01. The molecule has 24 heavy (non-hydrogen) atoms. The van der Waals surface area contributed by atoms with Crippen LogP contribution in [0.25, 0.3) is 0 Å². The molecule has 2 rings (SSSR count). The number of nitrogen functional groups attached to an aromatic ring is 1. The third kappa shape index (κ3) is 4.77. The van der Waals surface area contributed by atoms with Gasteiger partial charge in [-0.05, 0) is 58.2 Å². The number of nitrogens with zero attached hydrogens (tertiary/aromatic N) is 1. The van der Waals surface area contributed by atoms with Gasteiger partial charge in [-0.2, -0.15) is 0 Å². The molecule has 1 aliphatic rings. The van der Waals surface area contributed by atoms with Gasteiger partial charge in [0.05, 0.1) is 0 Å². The Labute approximate surface area is 149 Å². The molecule has 0 saturated carbocycles. The molecular formula is C17H27ClN4O2. The summed E-state index contributed by atoms with van der Waals surface area (Å²) in [5.41, 5.74) is 8.47. The largest absolute Gasteiger partial charge is 0.398 e. The van der Waals surface area contributed by atoms with Crippen molar-refractivity contribution in [2.75, 3.05) is 17.2 Å². The van der Waals surface area contributed by atoms with Gasteiger partial charge in [0.25, 0.3) is 0 Å². The molecule has 4 N–H and O–H groups in total. The number of hydrogen-bond acceptors (Lipinski definition) is 4. The minimum atomic E-state index is -0.473. The molecule has 1 aliphatic heterocycles. The van der Waals surface area contributed by atoms with Gasteiger partial charge in [-0.3, -0.25) is 10.1 Å². The molecule has 0 spiro atoms. The molecule has 0 aliphatic carbocycles. The minimum Gasteiger partial charge on any atom is -0.398 e. The van der Waals surface area contributed by atoms with E-state index in [-0.39, 0.29) is 23.9 Å². The first-order chi connectivity index (χ1) is 10.7. The molecule has 1 aromatic rings. The van der Waals surface area contributed by atoms with Crippen molar-refractivity contribution in [1.29, 1.82) is 0 Å². The highest BCUT2D eigenvalue weighted by atomic mass is 35.5. The first-order valence-corrected chi connectivity index (χ1v) is 7.96. The van der Waals surface area contributed by atoms with E-state index in [9.17, 15) is 9.59 Å². The quantitative estimate of drug-likeness (QED) is 0.712. The summed E-state index contributed by atoms with van der Waals surface area (Å²) in [5.74, 6) is -0.318. The van der Waals surface area contributed by atoms with Crippen LogP contribution in [0.1, 0.15) is 39.7 Å². The van der Waals surface area contributed by atoms with Gasteiger partial charge in [-0.1, -0.05) is 6.07 Å². The molecule has 7 heteroatoms. The lowest BCUT2D eigenvalue weighted by Crippen LogP contribution is -2.54. The summed E-state index contributed by atoms with van der Waals surface area (Å²) >= 11 is 0. The third-order valence-corrected chi connectivity index (χ3v) is 3.89. The molecule has 3 amide bonds. The molecule has 1 unspecified atom stereocenters. The van der Waals surface area contributed by atoms with Crippen molar-refractivity contribution in [2.45, 2.75) is 52.1 Å². The van der Waals surface area contributed by atoms with Gasteiger partial charge in [0.15, 0.2) is 0 Å². The summed E-state index contributed by atoms with van der Waals surface area (Å²) in [4.78, 5) is 26.3. The van der Waals surface area contributed by atoms with Gasteiger partial charge in [0.1, 0.15) is 6.04 Å². The maximum Gasteiger partial charge on any atom is 0.321 e. The van der Waals surface area contributed by atoms with Crippen LogP contribution in [0, 0.1) is 0 Å². The van der Waals surface area contributed by atoms with Crippen LogP contribution in [0.5, 0.6) is 0 Å². The van der Waals surface area contributed by atoms with E-state index in [4.69, 9.17) is 5.73 Å². The lowest BCUT2D eigenvalue weighted by molar-refractivity contribution is -0.121. The monoisotopic (exact) mass is 354 g/mol. The highest BCUT2D eigenvalue weighted by Crippen LogP contribution is 2.32. The van der Waals surface area contributed by atoms with Crippen LogP contribution >= 0.6 is 12.4 Å². The number of urea groups is 1. The highest BCUT2D eigenvalue weighted by Gasteiger charge is 2.28. The Kier molecular flexibility index (Phi) is 6.49. The Balaban J connectivity index is 0.00000288. The number of hydrogen-bond donors (Lipinski definition) is 3. The van der Waals surface area contributed by atoms with Gasteiger partial charge in [-0.15, -0.1) is 12.4 Å². The smallest absolute Gasteiger partial charge is 0.321 e. The van der Waals surface area contributed by atoms with Crippen LogP contribution in [0.2, 0.25) is 0 Å². The topological polar surface area (TPSA) is 87.5 Å². The van der Waals surface area contributed by atoms with Gasteiger partial charge in [0.2, 0.25) is 5.91 Å². The maximum absolute atomic E-state index is 12.4. The Morgan fingerprint density at radius 2 is 1.96 bits per heavy atom. The SMILES string of the molecule is CC(C(=O)NC(=O)NC(C)(C)C)N1CCCc2c(N)cccc21.Cl. The van der Waals surface area contributed by atoms with Gasteiger partial charge in [0, 0.05) is 23.5 Å². The van der Waals surface area contributed by atoms with E-state index >= 15 is 0 Å². The number of nitrogens with two attached hydrogens (primary N) is 1. The van der Waals surface area contributed by atoms with Gasteiger partial charge in [-0.25, -0.2) is 4.79 Å². The number of anilines is 2. The Morgan fingerprint density at radius 3 is 2.58 bits per heavy atom. The maximum atomic E-state index is 12.4. The Hall–Kier alpha value is -1.95. The van der Waals surface area contributed by atoms with E-state index in [0.29, 0.717) is 0 Å². The molecule has 134 valence electrons. The van der Waals surface area contributed by atoms with E-state index in [0.717, 1.165) is 36.3 Å². The number of carbonyl (C=O) groups excluding carboxylic acids is 2. The third-order valence-electron chi connectivity index (χ3n) is 3.89. The van der Waals surface area contributed by atoms with Crippen LogP contribution in [0.4, 0.5) is 16.2 Å². The van der Waals surface area contributed by atoms with Crippen molar-refractivity contribution in [1.82, 2.24) is 10.6 Å². The summed E-state index contributed by atoms with van der Waals surface area (Å²) in [6.45, 7) is 8.17. The van der Waals surface area contributed by atoms with Crippen molar-refractivity contribution < 1.29 is 9.59 Å². The molecule has 0 radical (unpaired) electrons. The number of amides is 3. The number of carbonyl (C=O) groups is 2.